The van der Waals surface area contributed by atoms with Crippen LogP contribution in [0.25, 0.3) is 11.3 Å². The summed E-state index contributed by atoms with van der Waals surface area (Å²) < 4.78 is 5.39. The molecule has 0 fully saturated rings. The summed E-state index contributed by atoms with van der Waals surface area (Å²) in [6.07, 6.45) is 0. The molecule has 19 heavy (non-hydrogen) atoms. The molecule has 1 aromatic heterocycles. The molecule has 1 amide bonds. The van der Waals surface area contributed by atoms with Crippen LogP contribution in [-0.2, 0) is 4.79 Å². The second kappa shape index (κ2) is 4.01. The van der Waals surface area contributed by atoms with Gasteiger partial charge in [0.25, 0.3) is 5.91 Å². The third-order valence-corrected chi connectivity index (χ3v) is 3.22. The quantitative estimate of drug-likeness (QED) is 0.808. The van der Waals surface area contributed by atoms with Gasteiger partial charge in [-0.05, 0) is 25.1 Å². The summed E-state index contributed by atoms with van der Waals surface area (Å²) in [6.45, 7) is 1.99. The average molecular weight is 258 g/mol. The summed E-state index contributed by atoms with van der Waals surface area (Å²) in [7, 11) is 1.74. The zero-order valence-electron chi connectivity index (χ0n) is 10.7. The lowest BCUT2D eigenvalue weighted by Gasteiger charge is -2.26. The second-order valence-corrected chi connectivity index (χ2v) is 4.52. The third kappa shape index (κ3) is 1.81. The first-order chi connectivity index (χ1) is 9.06. The van der Waals surface area contributed by atoms with Crippen LogP contribution in [0.4, 0.5) is 11.6 Å². The molecule has 2 heterocycles. The number of carbonyl (C=O) groups excluding carboxylic acids is 1. The number of nitrogen functional groups attached to an aromatic ring is 1. The standard InChI is InChI=1S/C13H14N4O2/c1-7-12(16-13(14)15-7)8-3-4-10-9(5-8)17(2)11(18)6-19-10/h3-5H,6H2,1-2H3,(H3,14,15,16). The molecule has 1 aliphatic rings. The number of imidazole rings is 1. The van der Waals surface area contributed by atoms with Crippen molar-refractivity contribution >= 4 is 17.5 Å². The number of anilines is 2. The molecule has 3 rings (SSSR count). The molecule has 0 spiro atoms. The Kier molecular flexibility index (Phi) is 2.45. The second-order valence-electron chi connectivity index (χ2n) is 4.52. The summed E-state index contributed by atoms with van der Waals surface area (Å²) in [5.41, 5.74) is 8.97. The minimum absolute atomic E-state index is 0.0667. The molecule has 0 bridgehead atoms. The maximum absolute atomic E-state index is 11.6. The number of fused-ring (bicyclic) bond motifs is 1. The van der Waals surface area contributed by atoms with Gasteiger partial charge in [-0.15, -0.1) is 0 Å². The van der Waals surface area contributed by atoms with Gasteiger partial charge in [-0.25, -0.2) is 4.98 Å². The number of H-pyrrole nitrogens is 1. The number of carbonyl (C=O) groups is 1. The minimum atomic E-state index is -0.0667. The number of aryl methyl sites for hydroxylation is 1. The fraction of sp³-hybridized carbons (Fsp3) is 0.231. The molecule has 1 aromatic carbocycles. The number of nitrogens with zero attached hydrogens (tertiary/aromatic N) is 2. The van der Waals surface area contributed by atoms with E-state index >= 15 is 0 Å². The van der Waals surface area contributed by atoms with Crippen LogP contribution in [0.2, 0.25) is 0 Å². The first kappa shape index (κ1) is 11.6. The molecule has 6 nitrogen and oxygen atoms in total. The van der Waals surface area contributed by atoms with Crippen molar-refractivity contribution in [2.45, 2.75) is 6.92 Å². The van der Waals surface area contributed by atoms with Gasteiger partial charge in [0.05, 0.1) is 11.4 Å². The van der Waals surface area contributed by atoms with Crippen molar-refractivity contribution in [3.05, 3.63) is 23.9 Å². The Hall–Kier alpha value is -2.50. The fourth-order valence-corrected chi connectivity index (χ4v) is 2.18. The van der Waals surface area contributed by atoms with Gasteiger partial charge in [-0.2, -0.15) is 0 Å². The van der Waals surface area contributed by atoms with Crippen LogP contribution in [0.5, 0.6) is 5.75 Å². The average Bonchev–Trinajstić information content (AvgIpc) is 2.73. The molecule has 2 aromatic rings. The van der Waals surface area contributed by atoms with Crippen LogP contribution in [0, 0.1) is 6.92 Å². The molecular formula is C13H14N4O2. The molecule has 3 N–H and O–H groups in total. The Labute approximate surface area is 110 Å². The highest BCUT2D eigenvalue weighted by atomic mass is 16.5. The van der Waals surface area contributed by atoms with Crippen LogP contribution < -0.4 is 15.4 Å². The van der Waals surface area contributed by atoms with E-state index in [2.05, 4.69) is 9.97 Å². The molecule has 0 saturated carbocycles. The third-order valence-electron chi connectivity index (χ3n) is 3.22. The number of nitrogens with one attached hydrogen (secondary N) is 1. The number of hydrogen-bond donors (Lipinski definition) is 2. The van der Waals surface area contributed by atoms with Crippen molar-refractivity contribution in [2.75, 3.05) is 24.3 Å². The van der Waals surface area contributed by atoms with Crippen LogP contribution in [0.3, 0.4) is 0 Å². The van der Waals surface area contributed by atoms with E-state index in [4.69, 9.17) is 10.5 Å². The molecular weight excluding hydrogens is 244 g/mol. The topological polar surface area (TPSA) is 84.2 Å². The van der Waals surface area contributed by atoms with E-state index in [0.29, 0.717) is 11.7 Å². The van der Waals surface area contributed by atoms with Crippen molar-refractivity contribution in [3.63, 3.8) is 0 Å². The smallest absolute Gasteiger partial charge is 0.264 e. The number of hydrogen-bond acceptors (Lipinski definition) is 4. The Morgan fingerprint density at radius 1 is 1.47 bits per heavy atom. The Morgan fingerprint density at radius 2 is 2.26 bits per heavy atom. The number of ether oxygens (including phenoxy) is 1. The van der Waals surface area contributed by atoms with Crippen molar-refractivity contribution in [2.24, 2.45) is 0 Å². The SMILES string of the molecule is Cc1[nH]c(N)nc1-c1ccc2c(c1)N(C)C(=O)CO2. The maximum Gasteiger partial charge on any atom is 0.264 e. The zero-order valence-corrected chi connectivity index (χ0v) is 10.7. The van der Waals surface area contributed by atoms with Crippen LogP contribution in [0.15, 0.2) is 18.2 Å². The van der Waals surface area contributed by atoms with E-state index in [1.807, 2.05) is 25.1 Å². The van der Waals surface area contributed by atoms with Gasteiger partial charge in [0.15, 0.2) is 12.6 Å². The van der Waals surface area contributed by atoms with Gasteiger partial charge in [0.1, 0.15) is 5.75 Å². The van der Waals surface area contributed by atoms with Crippen molar-refractivity contribution < 1.29 is 9.53 Å². The van der Waals surface area contributed by atoms with Gasteiger partial charge in [-0.1, -0.05) is 0 Å². The molecule has 98 valence electrons. The molecule has 0 atom stereocenters. The Morgan fingerprint density at radius 3 is 2.95 bits per heavy atom. The van der Waals surface area contributed by atoms with E-state index in [9.17, 15) is 4.79 Å². The van der Waals surface area contributed by atoms with Gasteiger partial charge in [-0.3, -0.25) is 4.79 Å². The molecule has 1 aliphatic heterocycles. The predicted molar refractivity (Wildman–Crippen MR) is 72.1 cm³/mol. The highest BCUT2D eigenvalue weighted by Crippen LogP contribution is 2.35. The molecule has 6 heteroatoms. The molecule has 0 radical (unpaired) electrons. The van der Waals surface area contributed by atoms with Gasteiger partial charge in [0, 0.05) is 18.3 Å². The summed E-state index contributed by atoms with van der Waals surface area (Å²) in [6, 6.07) is 5.64. The van der Waals surface area contributed by atoms with Crippen LogP contribution in [-0.4, -0.2) is 29.5 Å². The number of aromatic nitrogens is 2. The summed E-state index contributed by atoms with van der Waals surface area (Å²) in [5.74, 6) is 1.01. The lowest BCUT2D eigenvalue weighted by molar-refractivity contribution is -0.120. The largest absolute Gasteiger partial charge is 0.482 e. The fourth-order valence-electron chi connectivity index (χ4n) is 2.18. The minimum Gasteiger partial charge on any atom is -0.482 e. The van der Waals surface area contributed by atoms with Gasteiger partial charge >= 0.3 is 0 Å². The highest BCUT2D eigenvalue weighted by Gasteiger charge is 2.23. The predicted octanol–water partition coefficient (Wildman–Crippen LogP) is 1.32. The number of likely N-dealkylation sites (N-methyl/N-ethyl adjacent to an activating group) is 1. The maximum atomic E-state index is 11.6. The van der Waals surface area contributed by atoms with Crippen LogP contribution in [0.1, 0.15) is 5.69 Å². The first-order valence-corrected chi connectivity index (χ1v) is 5.92. The number of benzene rings is 1. The van der Waals surface area contributed by atoms with E-state index < -0.39 is 0 Å². The Bertz CT molecular complexity index is 663. The normalized spacial score (nSPS) is 14.2. The van der Waals surface area contributed by atoms with Crippen molar-refractivity contribution in [1.82, 2.24) is 9.97 Å². The number of rotatable bonds is 1. The van der Waals surface area contributed by atoms with Gasteiger partial charge in [0.2, 0.25) is 0 Å². The number of aromatic amines is 1. The lowest BCUT2D eigenvalue weighted by Crippen LogP contribution is -2.35. The number of amides is 1. The molecule has 0 unspecified atom stereocenters. The highest BCUT2D eigenvalue weighted by molar-refractivity contribution is 5.98. The van der Waals surface area contributed by atoms with Crippen molar-refractivity contribution in [3.8, 4) is 17.0 Å². The van der Waals surface area contributed by atoms with Crippen molar-refractivity contribution in [1.29, 1.82) is 0 Å². The van der Waals surface area contributed by atoms with Gasteiger partial charge < -0.3 is 20.4 Å². The molecule has 0 saturated heterocycles. The van der Waals surface area contributed by atoms with E-state index in [1.54, 1.807) is 11.9 Å². The van der Waals surface area contributed by atoms with E-state index in [-0.39, 0.29) is 12.5 Å². The Balaban J connectivity index is 2.11. The monoisotopic (exact) mass is 258 g/mol. The zero-order chi connectivity index (χ0) is 13.6. The van der Waals surface area contributed by atoms with E-state index in [0.717, 1.165) is 22.6 Å². The summed E-state index contributed by atoms with van der Waals surface area (Å²) >= 11 is 0. The van der Waals surface area contributed by atoms with E-state index in [1.165, 1.54) is 0 Å². The number of nitrogens with two attached hydrogens (primary N) is 1. The summed E-state index contributed by atoms with van der Waals surface area (Å²) in [4.78, 5) is 20.4. The van der Waals surface area contributed by atoms with Crippen LogP contribution >= 0.6 is 0 Å². The summed E-state index contributed by atoms with van der Waals surface area (Å²) in [5, 5.41) is 0. The lowest BCUT2D eigenvalue weighted by atomic mass is 10.1. The molecule has 0 aliphatic carbocycles. The first-order valence-electron chi connectivity index (χ1n) is 5.92.